The van der Waals surface area contributed by atoms with Gasteiger partial charge in [0.2, 0.25) is 11.7 Å². The highest BCUT2D eigenvalue weighted by Crippen LogP contribution is 2.39. The van der Waals surface area contributed by atoms with E-state index >= 15 is 0 Å². The number of methoxy groups -OCH3 is 2. The van der Waals surface area contributed by atoms with Gasteiger partial charge < -0.3 is 19.5 Å². The zero-order valence-electron chi connectivity index (χ0n) is 16.7. The topological polar surface area (TPSA) is 56.8 Å². The highest BCUT2D eigenvalue weighted by atomic mass is 79.9. The molecule has 0 aliphatic heterocycles. The molecule has 5 nitrogen and oxygen atoms in total. The number of rotatable bonds is 8. The first-order valence-corrected chi connectivity index (χ1v) is 10.1. The van der Waals surface area contributed by atoms with E-state index in [2.05, 4.69) is 21.2 Å². The van der Waals surface area contributed by atoms with E-state index < -0.39 is 0 Å². The van der Waals surface area contributed by atoms with Gasteiger partial charge in [0.25, 0.3) is 0 Å². The van der Waals surface area contributed by atoms with E-state index in [9.17, 15) is 4.79 Å². The molecule has 3 aromatic carbocycles. The lowest BCUT2D eigenvalue weighted by Gasteiger charge is -2.15. The number of carbonyl (C=O) groups is 1. The van der Waals surface area contributed by atoms with Crippen LogP contribution in [-0.2, 0) is 11.4 Å². The number of anilines is 1. The fraction of sp³-hybridized carbons (Fsp3) is 0.125. The predicted molar refractivity (Wildman–Crippen MR) is 122 cm³/mol. The summed E-state index contributed by atoms with van der Waals surface area (Å²) in [6.45, 7) is 0.387. The SMILES string of the molecule is COc1cc(C=CC(=O)Nc2ccc(Br)cc2)cc(OC)c1OCc1ccccc1. The van der Waals surface area contributed by atoms with Crippen molar-refractivity contribution in [3.05, 3.63) is 88.4 Å². The van der Waals surface area contributed by atoms with Crippen LogP contribution >= 0.6 is 15.9 Å². The normalized spacial score (nSPS) is 10.6. The first-order chi connectivity index (χ1) is 14.6. The van der Waals surface area contributed by atoms with Crippen LogP contribution in [0.3, 0.4) is 0 Å². The number of ether oxygens (including phenoxy) is 3. The molecule has 154 valence electrons. The van der Waals surface area contributed by atoms with Crippen molar-refractivity contribution >= 4 is 33.6 Å². The summed E-state index contributed by atoms with van der Waals surface area (Å²) >= 11 is 3.37. The summed E-state index contributed by atoms with van der Waals surface area (Å²) in [5.74, 6) is 1.33. The van der Waals surface area contributed by atoms with E-state index in [0.717, 1.165) is 15.6 Å². The Morgan fingerprint density at radius 3 is 2.20 bits per heavy atom. The van der Waals surface area contributed by atoms with Gasteiger partial charge in [-0.05, 0) is 53.6 Å². The Hall–Kier alpha value is -3.25. The van der Waals surface area contributed by atoms with Crippen molar-refractivity contribution < 1.29 is 19.0 Å². The van der Waals surface area contributed by atoms with E-state index in [0.29, 0.717) is 29.5 Å². The zero-order chi connectivity index (χ0) is 21.3. The molecular weight excluding hydrogens is 446 g/mol. The van der Waals surface area contributed by atoms with Crippen molar-refractivity contribution in [2.75, 3.05) is 19.5 Å². The second-order valence-corrected chi connectivity index (χ2v) is 7.27. The van der Waals surface area contributed by atoms with Crippen LogP contribution in [0.2, 0.25) is 0 Å². The summed E-state index contributed by atoms with van der Waals surface area (Å²) in [4.78, 5) is 12.2. The summed E-state index contributed by atoms with van der Waals surface area (Å²) in [6.07, 6.45) is 3.15. The molecule has 1 N–H and O–H groups in total. The first-order valence-electron chi connectivity index (χ1n) is 9.26. The Balaban J connectivity index is 1.74. The van der Waals surface area contributed by atoms with E-state index in [4.69, 9.17) is 14.2 Å². The third-order valence-corrected chi connectivity index (χ3v) is 4.78. The Bertz CT molecular complexity index is 992. The molecule has 0 aliphatic rings. The van der Waals surface area contributed by atoms with Crippen LogP contribution in [0.15, 0.2) is 77.3 Å². The minimum absolute atomic E-state index is 0.236. The molecule has 30 heavy (non-hydrogen) atoms. The predicted octanol–water partition coefficient (Wildman–Crippen LogP) is 5.70. The Labute approximate surface area is 184 Å². The lowest BCUT2D eigenvalue weighted by Crippen LogP contribution is -2.07. The van der Waals surface area contributed by atoms with Gasteiger partial charge in [-0.15, -0.1) is 0 Å². The van der Waals surface area contributed by atoms with E-state index in [-0.39, 0.29) is 5.91 Å². The van der Waals surface area contributed by atoms with Crippen molar-refractivity contribution in [2.24, 2.45) is 0 Å². The third kappa shape index (κ3) is 5.87. The molecule has 3 aromatic rings. The van der Waals surface area contributed by atoms with Crippen molar-refractivity contribution in [2.45, 2.75) is 6.61 Å². The number of nitrogens with one attached hydrogen (secondary N) is 1. The fourth-order valence-electron chi connectivity index (χ4n) is 2.76. The average Bonchev–Trinajstić information content (AvgIpc) is 2.78. The Morgan fingerprint density at radius 1 is 0.967 bits per heavy atom. The maximum absolute atomic E-state index is 12.2. The quantitative estimate of drug-likeness (QED) is 0.431. The van der Waals surface area contributed by atoms with E-state index in [1.54, 1.807) is 32.4 Å². The van der Waals surface area contributed by atoms with Crippen LogP contribution in [0.25, 0.3) is 6.08 Å². The minimum atomic E-state index is -0.236. The molecule has 0 spiro atoms. The van der Waals surface area contributed by atoms with Gasteiger partial charge >= 0.3 is 0 Å². The van der Waals surface area contributed by atoms with Crippen molar-refractivity contribution in [3.63, 3.8) is 0 Å². The number of halogens is 1. The van der Waals surface area contributed by atoms with Gasteiger partial charge in [0.15, 0.2) is 11.5 Å². The molecule has 0 saturated heterocycles. The standard InChI is InChI=1S/C24H22BrNO4/c1-28-21-14-18(8-13-23(27)26-20-11-9-19(25)10-12-20)15-22(29-2)24(21)30-16-17-6-4-3-5-7-17/h3-15H,16H2,1-2H3,(H,26,27). The maximum atomic E-state index is 12.2. The second-order valence-electron chi connectivity index (χ2n) is 6.36. The first kappa shape index (κ1) is 21.5. The number of hydrogen-bond acceptors (Lipinski definition) is 4. The highest BCUT2D eigenvalue weighted by Gasteiger charge is 2.14. The van der Waals surface area contributed by atoms with Gasteiger partial charge in [0, 0.05) is 16.2 Å². The lowest BCUT2D eigenvalue weighted by molar-refractivity contribution is -0.111. The molecule has 1 amide bonds. The number of amides is 1. The van der Waals surface area contributed by atoms with Crippen LogP contribution in [0, 0.1) is 0 Å². The van der Waals surface area contributed by atoms with Gasteiger partial charge in [0.1, 0.15) is 6.61 Å². The minimum Gasteiger partial charge on any atom is -0.493 e. The molecule has 0 heterocycles. The summed E-state index contributed by atoms with van der Waals surface area (Å²) < 4.78 is 17.9. The Morgan fingerprint density at radius 2 is 1.60 bits per heavy atom. The average molecular weight is 468 g/mol. The van der Waals surface area contributed by atoms with Crippen LogP contribution in [0.4, 0.5) is 5.69 Å². The lowest BCUT2D eigenvalue weighted by atomic mass is 10.1. The van der Waals surface area contributed by atoms with E-state index in [1.807, 2.05) is 54.6 Å². The van der Waals surface area contributed by atoms with Gasteiger partial charge in [-0.1, -0.05) is 46.3 Å². The summed E-state index contributed by atoms with van der Waals surface area (Å²) in [7, 11) is 3.13. The number of hydrogen-bond donors (Lipinski definition) is 1. The monoisotopic (exact) mass is 467 g/mol. The van der Waals surface area contributed by atoms with E-state index in [1.165, 1.54) is 6.08 Å². The highest BCUT2D eigenvalue weighted by molar-refractivity contribution is 9.10. The molecular formula is C24H22BrNO4. The summed E-state index contributed by atoms with van der Waals surface area (Å²) in [5, 5.41) is 2.81. The fourth-order valence-corrected chi connectivity index (χ4v) is 3.02. The van der Waals surface area contributed by atoms with Crippen molar-refractivity contribution in [3.8, 4) is 17.2 Å². The number of benzene rings is 3. The zero-order valence-corrected chi connectivity index (χ0v) is 18.3. The smallest absolute Gasteiger partial charge is 0.248 e. The molecule has 0 aliphatic carbocycles. The van der Waals surface area contributed by atoms with Gasteiger partial charge in [0.05, 0.1) is 14.2 Å². The maximum Gasteiger partial charge on any atom is 0.248 e. The van der Waals surface area contributed by atoms with Gasteiger partial charge in [-0.2, -0.15) is 0 Å². The molecule has 0 aromatic heterocycles. The number of carbonyl (C=O) groups excluding carboxylic acids is 1. The third-order valence-electron chi connectivity index (χ3n) is 4.25. The van der Waals surface area contributed by atoms with Crippen LogP contribution in [0.1, 0.15) is 11.1 Å². The molecule has 0 fully saturated rings. The molecule has 0 bridgehead atoms. The summed E-state index contributed by atoms with van der Waals surface area (Å²) in [5.41, 5.74) is 2.50. The molecule has 0 atom stereocenters. The summed E-state index contributed by atoms with van der Waals surface area (Å²) in [6, 6.07) is 20.8. The van der Waals surface area contributed by atoms with Gasteiger partial charge in [-0.3, -0.25) is 4.79 Å². The van der Waals surface area contributed by atoms with Crippen LogP contribution in [0.5, 0.6) is 17.2 Å². The van der Waals surface area contributed by atoms with Crippen molar-refractivity contribution in [1.29, 1.82) is 0 Å². The molecule has 6 heteroatoms. The molecule has 0 unspecified atom stereocenters. The molecule has 3 rings (SSSR count). The molecule has 0 saturated carbocycles. The van der Waals surface area contributed by atoms with Crippen LogP contribution in [-0.4, -0.2) is 20.1 Å². The molecule has 0 radical (unpaired) electrons. The van der Waals surface area contributed by atoms with Crippen LogP contribution < -0.4 is 19.5 Å². The Kier molecular flexibility index (Phi) is 7.51. The van der Waals surface area contributed by atoms with Crippen molar-refractivity contribution in [1.82, 2.24) is 0 Å². The largest absolute Gasteiger partial charge is 0.493 e. The second kappa shape index (κ2) is 10.5. The van der Waals surface area contributed by atoms with Gasteiger partial charge in [-0.25, -0.2) is 0 Å².